The molecule has 3 aromatic heterocycles. The first-order valence-corrected chi connectivity index (χ1v) is 24.8. The van der Waals surface area contributed by atoms with E-state index in [1.807, 2.05) is 180 Å². The normalized spacial score (nSPS) is 11.9. The number of rotatable bonds is 9. The third-order valence-electron chi connectivity index (χ3n) is 13.9. The Labute approximate surface area is 439 Å². The van der Waals surface area contributed by atoms with Crippen molar-refractivity contribution in [2.45, 2.75) is 26.2 Å². The molecule has 0 aliphatic carbocycles. The Morgan fingerprint density at radius 3 is 1.29 bits per heavy atom. The van der Waals surface area contributed by atoms with Crippen LogP contribution in [0.15, 0.2) is 224 Å². The highest BCUT2D eigenvalue weighted by molar-refractivity contribution is 6.12. The molecule has 0 N–H and O–H groups in total. The van der Waals surface area contributed by atoms with E-state index in [1.54, 1.807) is 32.0 Å². The van der Waals surface area contributed by atoms with Crippen molar-refractivity contribution in [3.05, 3.63) is 247 Å². The number of benzene rings is 9. The maximum atomic E-state index is 14.9. The third kappa shape index (κ3) is 9.41. The summed E-state index contributed by atoms with van der Waals surface area (Å²) in [7, 11) is 0. The molecular weight excluding hydrogens is 977 g/mol. The zero-order valence-corrected chi connectivity index (χ0v) is 41.4. The summed E-state index contributed by atoms with van der Waals surface area (Å²) in [6, 6.07) is 68.0. The molecule has 0 fully saturated rings. The van der Waals surface area contributed by atoms with E-state index in [1.165, 1.54) is 12.1 Å². The van der Waals surface area contributed by atoms with Gasteiger partial charge in [-0.2, -0.15) is 26.3 Å². The first kappa shape index (κ1) is 48.5. The molecule has 12 rings (SSSR count). The molecule has 0 amide bonds. The predicted octanol–water partition coefficient (Wildman–Crippen LogP) is 18.4. The molecule has 0 bridgehead atoms. The molecule has 3 heterocycles. The van der Waals surface area contributed by atoms with Gasteiger partial charge in [0.15, 0.2) is 11.6 Å². The number of halogens is 6. The molecule has 0 saturated carbocycles. The van der Waals surface area contributed by atoms with E-state index in [0.717, 1.165) is 51.2 Å². The molecule has 0 atom stereocenters. The quantitative estimate of drug-likeness (QED) is 0.135. The minimum absolute atomic E-state index is 0.0112. The minimum atomic E-state index is -4.65. The van der Waals surface area contributed by atoms with Crippen molar-refractivity contribution < 1.29 is 26.3 Å². The van der Waals surface area contributed by atoms with Crippen LogP contribution in [0.1, 0.15) is 22.3 Å². The maximum Gasteiger partial charge on any atom is 0.417 e. The molecule has 0 saturated heterocycles. The second-order valence-electron chi connectivity index (χ2n) is 19.0. The van der Waals surface area contributed by atoms with Gasteiger partial charge in [0.25, 0.3) is 0 Å². The summed E-state index contributed by atoms with van der Waals surface area (Å²) in [4.78, 5) is 20.9. The van der Waals surface area contributed by atoms with Gasteiger partial charge >= 0.3 is 12.4 Å². The summed E-state index contributed by atoms with van der Waals surface area (Å²) in [6.45, 7) is 3.28. The van der Waals surface area contributed by atoms with E-state index < -0.39 is 23.5 Å². The standard InChI is InChI=1S/C66H43F6N5/c1-40-23-28-51(55(33-40)66(70,71)72)47-25-30-53-52-29-24-46(50-31-27-49(34-41(50)2)65(67,68)69)36-61(52)77(62(53)37-47)60-32-26-48(59-39-56(42-15-7-3-8-16-42)73-63(74-59)45-21-13-6-14-22-45)35-54(60)64-75-57(43-17-9-4-10-18-43)38-58(76-64)44-19-11-5-12-20-44/h3-39H,1-2H3. The van der Waals surface area contributed by atoms with Crippen molar-refractivity contribution in [3.63, 3.8) is 0 Å². The van der Waals surface area contributed by atoms with Crippen molar-refractivity contribution in [1.29, 1.82) is 0 Å². The lowest BCUT2D eigenvalue weighted by Crippen LogP contribution is -2.07. The van der Waals surface area contributed by atoms with E-state index in [2.05, 4.69) is 0 Å². The number of hydrogen-bond donors (Lipinski definition) is 0. The van der Waals surface area contributed by atoms with Crippen LogP contribution in [0.5, 0.6) is 0 Å². The number of aromatic nitrogens is 5. The van der Waals surface area contributed by atoms with Crippen molar-refractivity contribution >= 4 is 21.8 Å². The Morgan fingerprint density at radius 1 is 0.338 bits per heavy atom. The van der Waals surface area contributed by atoms with Crippen LogP contribution in [0.4, 0.5) is 26.3 Å². The van der Waals surface area contributed by atoms with Gasteiger partial charge in [0.1, 0.15) is 0 Å². The second-order valence-corrected chi connectivity index (χ2v) is 19.0. The Bertz CT molecular complexity index is 4080. The van der Waals surface area contributed by atoms with E-state index in [0.29, 0.717) is 90.1 Å². The van der Waals surface area contributed by atoms with Gasteiger partial charge in [-0.25, -0.2) is 19.9 Å². The van der Waals surface area contributed by atoms with Gasteiger partial charge in [0, 0.05) is 44.2 Å². The van der Waals surface area contributed by atoms with Crippen LogP contribution < -0.4 is 0 Å². The zero-order valence-electron chi connectivity index (χ0n) is 41.4. The minimum Gasteiger partial charge on any atom is -0.308 e. The first-order valence-electron chi connectivity index (χ1n) is 24.8. The summed E-state index contributed by atoms with van der Waals surface area (Å²) >= 11 is 0. The van der Waals surface area contributed by atoms with Crippen LogP contribution in [0.2, 0.25) is 0 Å². The Morgan fingerprint density at radius 2 is 0.792 bits per heavy atom. The van der Waals surface area contributed by atoms with Crippen LogP contribution >= 0.6 is 0 Å². The molecule has 77 heavy (non-hydrogen) atoms. The van der Waals surface area contributed by atoms with Gasteiger partial charge in [-0.05, 0) is 96.3 Å². The average Bonchev–Trinajstić information content (AvgIpc) is 3.98. The summed E-state index contributed by atoms with van der Waals surface area (Å²) in [5.41, 5.74) is 9.99. The molecule has 5 nitrogen and oxygen atoms in total. The molecule has 0 radical (unpaired) electrons. The van der Waals surface area contributed by atoms with Crippen LogP contribution in [-0.4, -0.2) is 24.5 Å². The number of hydrogen-bond acceptors (Lipinski definition) is 4. The fourth-order valence-corrected chi connectivity index (χ4v) is 10.1. The SMILES string of the molecule is Cc1ccc(-c2ccc3c4ccc(-c5ccc(C(F)(F)F)cc5C)cc4n(-c4ccc(-c5cc(-c6ccccc6)nc(-c6ccccc6)n5)cc4-c4nc(-c5ccccc5)cc(-c5ccccc5)n4)c3c2)c(C(F)(F)F)c1. The number of aryl methyl sites for hydroxylation is 2. The zero-order chi connectivity index (χ0) is 53.0. The van der Waals surface area contributed by atoms with Crippen LogP contribution in [-0.2, 0) is 12.4 Å². The Balaban J connectivity index is 1.18. The third-order valence-corrected chi connectivity index (χ3v) is 13.9. The van der Waals surface area contributed by atoms with Crippen LogP contribution in [0.25, 0.3) is 118 Å². The van der Waals surface area contributed by atoms with E-state index in [9.17, 15) is 26.3 Å². The van der Waals surface area contributed by atoms with Crippen molar-refractivity contribution in [2.24, 2.45) is 0 Å². The Hall–Kier alpha value is -9.48. The summed E-state index contributed by atoms with van der Waals surface area (Å²) in [5, 5.41) is 1.49. The summed E-state index contributed by atoms with van der Waals surface area (Å²) in [5.74, 6) is 0.859. The van der Waals surface area contributed by atoms with Crippen molar-refractivity contribution in [1.82, 2.24) is 24.5 Å². The number of fused-ring (bicyclic) bond motifs is 3. The lowest BCUT2D eigenvalue weighted by Gasteiger charge is -2.18. The number of alkyl halides is 6. The summed E-state index contributed by atoms with van der Waals surface area (Å²) < 4.78 is 88.9. The fraction of sp³-hybridized carbons (Fsp3) is 0.0606. The smallest absolute Gasteiger partial charge is 0.308 e. The predicted molar refractivity (Wildman–Crippen MR) is 295 cm³/mol. The molecule has 0 aliphatic rings. The summed E-state index contributed by atoms with van der Waals surface area (Å²) in [6.07, 6.45) is -9.19. The maximum absolute atomic E-state index is 14.9. The van der Waals surface area contributed by atoms with Gasteiger partial charge in [0.2, 0.25) is 0 Å². The molecule has 374 valence electrons. The molecule has 12 aromatic rings. The van der Waals surface area contributed by atoms with Gasteiger partial charge < -0.3 is 4.57 Å². The lowest BCUT2D eigenvalue weighted by molar-refractivity contribution is -0.138. The average molecular weight is 1020 g/mol. The Kier molecular flexibility index (Phi) is 12.2. The molecular formula is C66H43F6N5. The highest BCUT2D eigenvalue weighted by atomic mass is 19.4. The van der Waals surface area contributed by atoms with Gasteiger partial charge in [0.05, 0.1) is 50.6 Å². The van der Waals surface area contributed by atoms with E-state index in [-0.39, 0.29) is 5.56 Å². The second kappa shape index (κ2) is 19.3. The fourth-order valence-electron chi connectivity index (χ4n) is 10.1. The lowest BCUT2D eigenvalue weighted by atomic mass is 9.96. The molecule has 0 spiro atoms. The van der Waals surface area contributed by atoms with E-state index >= 15 is 0 Å². The van der Waals surface area contributed by atoms with Gasteiger partial charge in [-0.3, -0.25) is 0 Å². The first-order chi connectivity index (χ1) is 37.2. The monoisotopic (exact) mass is 1020 g/mol. The van der Waals surface area contributed by atoms with Crippen LogP contribution in [0.3, 0.4) is 0 Å². The number of nitrogens with zero attached hydrogens (tertiary/aromatic N) is 5. The van der Waals surface area contributed by atoms with Crippen molar-refractivity contribution in [2.75, 3.05) is 0 Å². The van der Waals surface area contributed by atoms with Crippen molar-refractivity contribution in [3.8, 4) is 95.7 Å². The molecule has 11 heteroatoms. The molecule has 0 unspecified atom stereocenters. The largest absolute Gasteiger partial charge is 0.417 e. The van der Waals surface area contributed by atoms with E-state index in [4.69, 9.17) is 19.9 Å². The van der Waals surface area contributed by atoms with Gasteiger partial charge in [-0.1, -0.05) is 175 Å². The molecule has 0 aliphatic heterocycles. The van der Waals surface area contributed by atoms with Crippen LogP contribution in [0, 0.1) is 13.8 Å². The molecule has 9 aromatic carbocycles. The highest BCUT2D eigenvalue weighted by Gasteiger charge is 2.34. The highest BCUT2D eigenvalue weighted by Crippen LogP contribution is 2.44. The van der Waals surface area contributed by atoms with Gasteiger partial charge in [-0.15, -0.1) is 0 Å². The topological polar surface area (TPSA) is 56.5 Å².